The van der Waals surface area contributed by atoms with Gasteiger partial charge in [0.15, 0.2) is 0 Å². The van der Waals surface area contributed by atoms with E-state index < -0.39 is 6.36 Å². The second-order valence-corrected chi connectivity index (χ2v) is 3.45. The number of hydrogen-bond acceptors (Lipinski definition) is 3. The molecule has 0 saturated carbocycles. The summed E-state index contributed by atoms with van der Waals surface area (Å²) in [5.74, 6) is 0. The van der Waals surface area contributed by atoms with Crippen molar-refractivity contribution in [3.05, 3.63) is 0 Å². The summed E-state index contributed by atoms with van der Waals surface area (Å²) in [6.45, 7) is 4.46. The molecule has 0 spiro atoms. The summed E-state index contributed by atoms with van der Waals surface area (Å²) in [5, 5.41) is 3.21. The van der Waals surface area contributed by atoms with Crippen LogP contribution in [-0.4, -0.2) is 50.1 Å². The van der Waals surface area contributed by atoms with Gasteiger partial charge in [-0.2, -0.15) is 0 Å². The minimum atomic E-state index is -4.50. The van der Waals surface area contributed by atoms with Crippen molar-refractivity contribution in [1.82, 2.24) is 10.2 Å². The van der Waals surface area contributed by atoms with Crippen LogP contribution in [0.3, 0.4) is 0 Å². The molecule has 0 aromatic heterocycles. The number of halogens is 3. The zero-order valence-corrected chi connectivity index (χ0v) is 8.10. The van der Waals surface area contributed by atoms with Gasteiger partial charge in [-0.05, 0) is 6.92 Å². The van der Waals surface area contributed by atoms with Crippen LogP contribution in [0.5, 0.6) is 0 Å². The van der Waals surface area contributed by atoms with Gasteiger partial charge in [0.25, 0.3) is 0 Å². The van der Waals surface area contributed by atoms with Crippen molar-refractivity contribution >= 4 is 0 Å². The minimum absolute atomic E-state index is 0.282. The van der Waals surface area contributed by atoms with E-state index in [1.807, 2.05) is 11.8 Å². The number of rotatable bonds is 3. The van der Waals surface area contributed by atoms with Crippen molar-refractivity contribution in [1.29, 1.82) is 0 Å². The van der Waals surface area contributed by atoms with Gasteiger partial charge in [-0.1, -0.05) is 0 Å². The number of nitrogens with zero attached hydrogens (tertiary/aromatic N) is 1. The van der Waals surface area contributed by atoms with Gasteiger partial charge in [0.05, 0.1) is 6.61 Å². The summed E-state index contributed by atoms with van der Waals surface area (Å²) < 4.78 is 38.6. The Morgan fingerprint density at radius 3 is 2.79 bits per heavy atom. The molecular weight excluding hydrogens is 197 g/mol. The fourth-order valence-corrected chi connectivity index (χ4v) is 1.51. The van der Waals surface area contributed by atoms with Gasteiger partial charge in [-0.25, -0.2) is 0 Å². The molecule has 3 nitrogen and oxygen atoms in total. The molecular formula is C8H15F3N2O. The molecule has 0 unspecified atom stereocenters. The highest BCUT2D eigenvalue weighted by Crippen LogP contribution is 2.15. The molecule has 0 aromatic carbocycles. The first-order valence-electron chi connectivity index (χ1n) is 4.64. The molecule has 1 aliphatic rings. The minimum Gasteiger partial charge on any atom is -0.312 e. The monoisotopic (exact) mass is 212 g/mol. The van der Waals surface area contributed by atoms with Gasteiger partial charge >= 0.3 is 6.36 Å². The summed E-state index contributed by atoms with van der Waals surface area (Å²) in [6, 6.07) is 0.342. The quantitative estimate of drug-likeness (QED) is 0.749. The van der Waals surface area contributed by atoms with Crippen LogP contribution in [0.2, 0.25) is 0 Å². The molecule has 0 aromatic rings. The SMILES string of the molecule is C[C@@H]1CN(CCOC(F)(F)F)CCN1. The fourth-order valence-electron chi connectivity index (χ4n) is 1.51. The van der Waals surface area contributed by atoms with E-state index in [9.17, 15) is 13.2 Å². The molecule has 0 radical (unpaired) electrons. The Hall–Kier alpha value is -0.330. The van der Waals surface area contributed by atoms with E-state index in [1.165, 1.54) is 0 Å². The Bertz CT molecular complexity index is 174. The first-order chi connectivity index (χ1) is 6.47. The topological polar surface area (TPSA) is 24.5 Å². The average Bonchev–Trinajstić information content (AvgIpc) is 2.01. The van der Waals surface area contributed by atoms with Gasteiger partial charge in [-0.3, -0.25) is 9.64 Å². The molecule has 1 saturated heterocycles. The maximum atomic E-state index is 11.6. The molecule has 0 aliphatic carbocycles. The van der Waals surface area contributed by atoms with Crippen LogP contribution in [0.15, 0.2) is 0 Å². The maximum absolute atomic E-state index is 11.6. The van der Waals surface area contributed by atoms with Crippen molar-refractivity contribution in [3.63, 3.8) is 0 Å². The van der Waals surface area contributed by atoms with Crippen LogP contribution in [0.4, 0.5) is 13.2 Å². The predicted molar refractivity (Wildman–Crippen MR) is 45.9 cm³/mol. The number of alkyl halides is 3. The van der Waals surface area contributed by atoms with Gasteiger partial charge in [-0.15, -0.1) is 13.2 Å². The Balaban J connectivity index is 2.12. The van der Waals surface area contributed by atoms with Crippen LogP contribution in [0.1, 0.15) is 6.92 Å². The summed E-state index contributed by atoms with van der Waals surface area (Å²) in [7, 11) is 0. The maximum Gasteiger partial charge on any atom is 0.522 e. The molecule has 1 rings (SSSR count). The average molecular weight is 212 g/mol. The second kappa shape index (κ2) is 4.95. The van der Waals surface area contributed by atoms with Gasteiger partial charge in [0, 0.05) is 32.2 Å². The van der Waals surface area contributed by atoms with Gasteiger partial charge in [0.2, 0.25) is 0 Å². The Morgan fingerprint density at radius 2 is 2.21 bits per heavy atom. The van der Waals surface area contributed by atoms with E-state index >= 15 is 0 Å². The second-order valence-electron chi connectivity index (χ2n) is 3.45. The van der Waals surface area contributed by atoms with Crippen molar-refractivity contribution in [2.45, 2.75) is 19.3 Å². The molecule has 0 bridgehead atoms. The molecule has 14 heavy (non-hydrogen) atoms. The number of hydrogen-bond donors (Lipinski definition) is 1. The standard InChI is InChI=1S/C8H15F3N2O/c1-7-6-13(3-2-12-7)4-5-14-8(9,10)11/h7,12H,2-6H2,1H3/t7-/m1/s1. The molecule has 1 heterocycles. The molecule has 1 atom stereocenters. The molecule has 6 heteroatoms. The number of nitrogens with one attached hydrogen (secondary N) is 1. The highest BCUT2D eigenvalue weighted by atomic mass is 19.4. The lowest BCUT2D eigenvalue weighted by molar-refractivity contribution is -0.325. The van der Waals surface area contributed by atoms with E-state index in [0.29, 0.717) is 12.6 Å². The number of ether oxygens (including phenoxy) is 1. The summed E-state index contributed by atoms with van der Waals surface area (Å²) in [5.41, 5.74) is 0. The first-order valence-corrected chi connectivity index (χ1v) is 4.64. The number of piperazine rings is 1. The third-order valence-electron chi connectivity index (χ3n) is 2.13. The van der Waals surface area contributed by atoms with Crippen LogP contribution >= 0.6 is 0 Å². The zero-order chi connectivity index (χ0) is 10.6. The molecule has 1 fully saturated rings. The Labute approximate surface area is 81.2 Å². The van der Waals surface area contributed by atoms with E-state index in [4.69, 9.17) is 0 Å². The molecule has 84 valence electrons. The highest BCUT2D eigenvalue weighted by Gasteiger charge is 2.29. The first kappa shape index (κ1) is 11.7. The van der Waals surface area contributed by atoms with Crippen LogP contribution in [0.25, 0.3) is 0 Å². The third kappa shape index (κ3) is 4.78. The van der Waals surface area contributed by atoms with Crippen molar-refractivity contribution in [3.8, 4) is 0 Å². The van der Waals surface area contributed by atoms with E-state index in [0.717, 1.165) is 19.6 Å². The van der Waals surface area contributed by atoms with Gasteiger partial charge in [0.1, 0.15) is 0 Å². The Kier molecular flexibility index (Phi) is 4.15. The van der Waals surface area contributed by atoms with Crippen LogP contribution < -0.4 is 5.32 Å². The summed E-state index contributed by atoms with van der Waals surface area (Å²) in [6.07, 6.45) is -4.50. The summed E-state index contributed by atoms with van der Waals surface area (Å²) in [4.78, 5) is 1.97. The lowest BCUT2D eigenvalue weighted by Crippen LogP contribution is -2.50. The lowest BCUT2D eigenvalue weighted by atomic mass is 10.2. The van der Waals surface area contributed by atoms with Crippen LogP contribution in [0, 0.1) is 0 Å². The molecule has 1 aliphatic heterocycles. The van der Waals surface area contributed by atoms with Gasteiger partial charge < -0.3 is 5.32 Å². The Morgan fingerprint density at radius 1 is 1.50 bits per heavy atom. The van der Waals surface area contributed by atoms with Crippen molar-refractivity contribution in [2.75, 3.05) is 32.8 Å². The fraction of sp³-hybridized carbons (Fsp3) is 1.00. The molecule has 0 amide bonds. The van der Waals surface area contributed by atoms with E-state index in [-0.39, 0.29) is 6.61 Å². The van der Waals surface area contributed by atoms with E-state index in [2.05, 4.69) is 10.1 Å². The predicted octanol–water partition coefficient (Wildman–Crippen LogP) is 0.817. The van der Waals surface area contributed by atoms with Crippen molar-refractivity contribution in [2.24, 2.45) is 0 Å². The van der Waals surface area contributed by atoms with Crippen molar-refractivity contribution < 1.29 is 17.9 Å². The largest absolute Gasteiger partial charge is 0.522 e. The van der Waals surface area contributed by atoms with E-state index in [1.54, 1.807) is 0 Å². The smallest absolute Gasteiger partial charge is 0.312 e. The van der Waals surface area contributed by atoms with Crippen LogP contribution in [-0.2, 0) is 4.74 Å². The lowest BCUT2D eigenvalue weighted by Gasteiger charge is -2.31. The third-order valence-corrected chi connectivity index (χ3v) is 2.13. The normalized spacial score (nSPS) is 25.3. The zero-order valence-electron chi connectivity index (χ0n) is 8.10. The summed E-state index contributed by atoms with van der Waals surface area (Å²) >= 11 is 0. The molecule has 1 N–H and O–H groups in total. The highest BCUT2D eigenvalue weighted by molar-refractivity contribution is 4.74.